The van der Waals surface area contributed by atoms with Crippen LogP contribution in [0.5, 0.6) is 11.6 Å². The van der Waals surface area contributed by atoms with E-state index in [-0.39, 0.29) is 24.7 Å². The maximum Gasteiger partial charge on any atom is 0.243 e. The minimum Gasteiger partial charge on any atom is -0.437 e. The fourth-order valence-electron chi connectivity index (χ4n) is 3.21. The van der Waals surface area contributed by atoms with Crippen molar-refractivity contribution in [2.24, 2.45) is 0 Å². The number of carbonyl (C=O) groups is 2. The van der Waals surface area contributed by atoms with Crippen molar-refractivity contribution in [2.45, 2.75) is 25.8 Å². The van der Waals surface area contributed by atoms with E-state index in [1.807, 2.05) is 47.8 Å². The molecule has 0 unspecified atom stereocenters. The number of aromatic nitrogens is 1. The van der Waals surface area contributed by atoms with E-state index in [2.05, 4.69) is 10.3 Å². The molecule has 0 radical (unpaired) electrons. The first kappa shape index (κ1) is 19.1. The van der Waals surface area contributed by atoms with Gasteiger partial charge in [-0.15, -0.1) is 11.3 Å². The van der Waals surface area contributed by atoms with Gasteiger partial charge in [-0.2, -0.15) is 0 Å². The zero-order valence-corrected chi connectivity index (χ0v) is 16.7. The molecule has 0 saturated heterocycles. The Morgan fingerprint density at radius 1 is 1.10 bits per heavy atom. The third-order valence-corrected chi connectivity index (χ3v) is 5.63. The molecule has 1 aromatic carbocycles. The molecular weight excluding hydrogens is 386 g/mol. The third kappa shape index (κ3) is 4.63. The summed E-state index contributed by atoms with van der Waals surface area (Å²) in [6.45, 7) is 0.957. The smallest absolute Gasteiger partial charge is 0.243 e. The molecule has 1 aliphatic heterocycles. The normalized spacial score (nSPS) is 12.3. The number of carbonyl (C=O) groups excluding carboxylic acids is 2. The zero-order valence-electron chi connectivity index (χ0n) is 15.8. The van der Waals surface area contributed by atoms with Crippen molar-refractivity contribution in [3.8, 4) is 11.6 Å². The van der Waals surface area contributed by atoms with Gasteiger partial charge in [0.1, 0.15) is 11.4 Å². The molecule has 2 amide bonds. The van der Waals surface area contributed by atoms with Crippen molar-refractivity contribution in [1.29, 1.82) is 0 Å². The summed E-state index contributed by atoms with van der Waals surface area (Å²) in [5.41, 5.74) is 1.52. The molecule has 0 spiro atoms. The van der Waals surface area contributed by atoms with E-state index in [9.17, 15) is 9.59 Å². The van der Waals surface area contributed by atoms with Crippen molar-refractivity contribution in [3.63, 3.8) is 0 Å². The minimum atomic E-state index is -0.132. The number of fused-ring (bicyclic) bond motifs is 2. The number of thiophene rings is 1. The van der Waals surface area contributed by atoms with E-state index < -0.39 is 0 Å². The largest absolute Gasteiger partial charge is 0.437 e. The lowest BCUT2D eigenvalue weighted by Gasteiger charge is -2.21. The highest BCUT2D eigenvalue weighted by Crippen LogP contribution is 2.37. The lowest BCUT2D eigenvalue weighted by Crippen LogP contribution is -2.32. The van der Waals surface area contributed by atoms with Crippen LogP contribution in [-0.2, 0) is 22.6 Å². The van der Waals surface area contributed by atoms with Crippen LogP contribution >= 0.6 is 11.3 Å². The van der Waals surface area contributed by atoms with Gasteiger partial charge in [-0.1, -0.05) is 24.3 Å². The van der Waals surface area contributed by atoms with Crippen LogP contribution in [0.1, 0.15) is 23.3 Å². The summed E-state index contributed by atoms with van der Waals surface area (Å²) in [5, 5.41) is 4.91. The minimum absolute atomic E-state index is 0.118. The second-order valence-electron chi connectivity index (χ2n) is 6.70. The Morgan fingerprint density at radius 2 is 2.00 bits per heavy atom. The van der Waals surface area contributed by atoms with Crippen molar-refractivity contribution in [2.75, 3.05) is 11.4 Å². The predicted molar refractivity (Wildman–Crippen MR) is 112 cm³/mol. The molecule has 148 valence electrons. The number of rotatable bonds is 6. The molecule has 7 heteroatoms. The van der Waals surface area contributed by atoms with Gasteiger partial charge in [-0.3, -0.25) is 9.59 Å². The van der Waals surface area contributed by atoms with Crippen LogP contribution in [0.2, 0.25) is 0 Å². The van der Waals surface area contributed by atoms with Gasteiger partial charge in [0.15, 0.2) is 0 Å². The number of hydrogen-bond acceptors (Lipinski definition) is 5. The monoisotopic (exact) mass is 407 g/mol. The predicted octanol–water partition coefficient (Wildman–Crippen LogP) is 3.92. The maximum atomic E-state index is 13.0. The van der Waals surface area contributed by atoms with Crippen LogP contribution in [0.15, 0.2) is 60.1 Å². The molecule has 0 atom stereocenters. The Labute approximate surface area is 173 Å². The molecule has 4 rings (SSSR count). The van der Waals surface area contributed by atoms with E-state index in [0.29, 0.717) is 30.4 Å². The van der Waals surface area contributed by atoms with Crippen LogP contribution in [0.3, 0.4) is 0 Å². The second kappa shape index (κ2) is 8.87. The van der Waals surface area contributed by atoms with Crippen molar-refractivity contribution in [1.82, 2.24) is 10.3 Å². The van der Waals surface area contributed by atoms with Gasteiger partial charge >= 0.3 is 0 Å². The van der Waals surface area contributed by atoms with Crippen LogP contribution < -0.4 is 15.0 Å². The van der Waals surface area contributed by atoms with Crippen molar-refractivity contribution >= 4 is 28.8 Å². The van der Waals surface area contributed by atoms with E-state index >= 15 is 0 Å². The van der Waals surface area contributed by atoms with Gasteiger partial charge in [0.05, 0.1) is 6.54 Å². The Balaban J connectivity index is 1.39. The fourth-order valence-corrected chi connectivity index (χ4v) is 3.92. The number of para-hydroxylation sites is 1. The van der Waals surface area contributed by atoms with E-state index in [4.69, 9.17) is 4.74 Å². The molecule has 1 aliphatic rings. The average Bonchev–Trinajstić information content (AvgIpc) is 3.19. The fraction of sp³-hybridized carbons (Fsp3) is 0.227. The molecule has 0 fully saturated rings. The molecule has 0 bridgehead atoms. The molecular formula is C22H21N3O3S. The van der Waals surface area contributed by atoms with Crippen LogP contribution in [0.4, 0.5) is 5.69 Å². The summed E-state index contributed by atoms with van der Waals surface area (Å²) in [5.74, 6) is 0.834. The van der Waals surface area contributed by atoms with Crippen LogP contribution in [0, 0.1) is 0 Å². The summed E-state index contributed by atoms with van der Waals surface area (Å²) in [6, 6.07) is 15.2. The Kier molecular flexibility index (Phi) is 5.86. The van der Waals surface area contributed by atoms with Crippen LogP contribution in [0.25, 0.3) is 0 Å². The van der Waals surface area contributed by atoms with E-state index in [0.717, 1.165) is 12.0 Å². The summed E-state index contributed by atoms with van der Waals surface area (Å²) < 4.78 is 5.91. The first-order valence-electron chi connectivity index (χ1n) is 9.51. The quantitative estimate of drug-likeness (QED) is 0.672. The SMILES string of the molecule is O=C(CCC(=O)N1Cc2ccccc2Oc2ncccc21)NCCc1cccs1. The third-order valence-electron chi connectivity index (χ3n) is 4.69. The molecule has 2 aromatic heterocycles. The number of ether oxygens (including phenoxy) is 1. The van der Waals surface area contributed by atoms with Gasteiger partial charge in [-0.25, -0.2) is 4.98 Å². The number of hydrogen-bond donors (Lipinski definition) is 1. The lowest BCUT2D eigenvalue weighted by molar-refractivity contribution is -0.125. The van der Waals surface area contributed by atoms with Gasteiger partial charge < -0.3 is 15.0 Å². The van der Waals surface area contributed by atoms with Gasteiger partial charge in [-0.05, 0) is 36.1 Å². The second-order valence-corrected chi connectivity index (χ2v) is 7.73. The topological polar surface area (TPSA) is 71.5 Å². The number of amides is 2. The van der Waals surface area contributed by atoms with E-state index in [1.165, 1.54) is 4.88 Å². The van der Waals surface area contributed by atoms with Crippen molar-refractivity contribution in [3.05, 3.63) is 70.5 Å². The number of anilines is 1. The Bertz CT molecular complexity index is 1000. The van der Waals surface area contributed by atoms with E-state index in [1.54, 1.807) is 28.5 Å². The molecule has 0 saturated carbocycles. The number of pyridine rings is 1. The molecule has 0 aliphatic carbocycles. The van der Waals surface area contributed by atoms with Gasteiger partial charge in [0.25, 0.3) is 0 Å². The molecule has 6 nitrogen and oxygen atoms in total. The highest BCUT2D eigenvalue weighted by Gasteiger charge is 2.26. The zero-order chi connectivity index (χ0) is 20.1. The van der Waals surface area contributed by atoms with Gasteiger partial charge in [0, 0.05) is 36.0 Å². The molecule has 3 aromatic rings. The first-order chi connectivity index (χ1) is 14.2. The maximum absolute atomic E-state index is 13.0. The highest BCUT2D eigenvalue weighted by atomic mass is 32.1. The molecule has 1 N–H and O–H groups in total. The lowest BCUT2D eigenvalue weighted by atomic mass is 10.1. The molecule has 29 heavy (non-hydrogen) atoms. The number of benzene rings is 1. The standard InChI is InChI=1S/C22H21N3O3S/c26-20(23-13-11-17-6-4-14-29-17)9-10-21(27)25-15-16-5-1-2-8-19(16)28-22-18(25)7-3-12-24-22/h1-8,12,14H,9-11,13,15H2,(H,23,26). The number of nitrogens with zero attached hydrogens (tertiary/aromatic N) is 2. The highest BCUT2D eigenvalue weighted by molar-refractivity contribution is 7.09. The van der Waals surface area contributed by atoms with Crippen LogP contribution in [-0.4, -0.2) is 23.3 Å². The summed E-state index contributed by atoms with van der Waals surface area (Å²) in [6.07, 6.45) is 2.71. The summed E-state index contributed by atoms with van der Waals surface area (Å²) in [7, 11) is 0. The summed E-state index contributed by atoms with van der Waals surface area (Å²) in [4.78, 5) is 32.3. The number of nitrogens with one attached hydrogen (secondary N) is 1. The summed E-state index contributed by atoms with van der Waals surface area (Å²) >= 11 is 1.67. The van der Waals surface area contributed by atoms with Gasteiger partial charge in [0.2, 0.25) is 17.7 Å². The first-order valence-corrected chi connectivity index (χ1v) is 10.4. The average molecular weight is 407 g/mol. The Hall–Kier alpha value is -3.19. The molecule has 3 heterocycles. The van der Waals surface area contributed by atoms with Crippen molar-refractivity contribution < 1.29 is 14.3 Å². The Morgan fingerprint density at radius 3 is 2.86 bits per heavy atom.